The van der Waals surface area contributed by atoms with Gasteiger partial charge in [-0.05, 0) is 71.1 Å². The highest BCUT2D eigenvalue weighted by Crippen LogP contribution is 2.28. The number of nitrogens with zero attached hydrogens (tertiary/aromatic N) is 3. The van der Waals surface area contributed by atoms with Crippen LogP contribution in [0.25, 0.3) is 10.9 Å². The first kappa shape index (κ1) is 25.1. The van der Waals surface area contributed by atoms with Gasteiger partial charge in [-0.2, -0.15) is 0 Å². The molecule has 1 saturated heterocycles. The van der Waals surface area contributed by atoms with Gasteiger partial charge in [0.25, 0.3) is 5.56 Å². The molecular formula is C24H34ClN3O3S. The molecule has 0 N–H and O–H groups in total. The van der Waals surface area contributed by atoms with Crippen molar-refractivity contribution < 1.29 is 9.53 Å². The molecule has 0 saturated carbocycles. The normalized spacial score (nSPS) is 17.8. The van der Waals surface area contributed by atoms with Gasteiger partial charge in [0.15, 0.2) is 5.16 Å². The fourth-order valence-electron chi connectivity index (χ4n) is 4.16. The van der Waals surface area contributed by atoms with Crippen LogP contribution in [0.4, 0.5) is 0 Å². The van der Waals surface area contributed by atoms with Crippen LogP contribution in [0.1, 0.15) is 59.8 Å². The SMILES string of the molecule is CCC1CCCCN1C(=O)C(C)Sc1nc2cc(Cl)ccc2c(=O)n1CCCOC(C)C. The lowest BCUT2D eigenvalue weighted by molar-refractivity contribution is -0.134. The molecule has 2 aromatic rings. The number of halogens is 1. The first-order valence-electron chi connectivity index (χ1n) is 11.6. The summed E-state index contributed by atoms with van der Waals surface area (Å²) in [6.45, 7) is 9.89. The number of carbonyl (C=O) groups is 1. The van der Waals surface area contributed by atoms with Crippen molar-refractivity contribution in [1.29, 1.82) is 0 Å². The summed E-state index contributed by atoms with van der Waals surface area (Å²) in [6, 6.07) is 5.44. The number of ether oxygens (including phenoxy) is 1. The molecule has 1 aliphatic heterocycles. The largest absolute Gasteiger partial charge is 0.379 e. The van der Waals surface area contributed by atoms with Gasteiger partial charge in [-0.25, -0.2) is 4.98 Å². The molecule has 0 spiro atoms. The Hall–Kier alpha value is -1.57. The summed E-state index contributed by atoms with van der Waals surface area (Å²) in [5.74, 6) is 0.122. The molecule has 1 fully saturated rings. The fraction of sp³-hybridized carbons (Fsp3) is 0.625. The number of carbonyl (C=O) groups excluding carboxylic acids is 1. The summed E-state index contributed by atoms with van der Waals surface area (Å²) in [5.41, 5.74) is 0.450. The predicted octanol–water partition coefficient (Wildman–Crippen LogP) is 5.14. The van der Waals surface area contributed by atoms with E-state index in [1.807, 2.05) is 25.7 Å². The topological polar surface area (TPSA) is 64.4 Å². The highest BCUT2D eigenvalue weighted by atomic mass is 35.5. The molecular weight excluding hydrogens is 446 g/mol. The number of hydrogen-bond donors (Lipinski definition) is 0. The van der Waals surface area contributed by atoms with Crippen LogP contribution in [0.5, 0.6) is 0 Å². The van der Waals surface area contributed by atoms with Gasteiger partial charge in [0, 0.05) is 30.8 Å². The van der Waals surface area contributed by atoms with Gasteiger partial charge < -0.3 is 9.64 Å². The first-order chi connectivity index (χ1) is 15.3. The van der Waals surface area contributed by atoms with Crippen molar-refractivity contribution in [2.75, 3.05) is 13.2 Å². The van der Waals surface area contributed by atoms with Gasteiger partial charge in [-0.3, -0.25) is 14.2 Å². The molecule has 6 nitrogen and oxygen atoms in total. The lowest BCUT2D eigenvalue weighted by Gasteiger charge is -2.36. The minimum Gasteiger partial charge on any atom is -0.379 e. The third-order valence-corrected chi connectivity index (χ3v) is 7.18. The van der Waals surface area contributed by atoms with Crippen LogP contribution in [-0.2, 0) is 16.1 Å². The predicted molar refractivity (Wildman–Crippen MR) is 132 cm³/mol. The van der Waals surface area contributed by atoms with E-state index in [0.29, 0.717) is 46.7 Å². The van der Waals surface area contributed by atoms with Gasteiger partial charge in [0.1, 0.15) is 0 Å². The highest BCUT2D eigenvalue weighted by Gasteiger charge is 2.30. The minimum atomic E-state index is -0.330. The summed E-state index contributed by atoms with van der Waals surface area (Å²) < 4.78 is 7.33. The van der Waals surface area contributed by atoms with Crippen molar-refractivity contribution in [3.63, 3.8) is 0 Å². The monoisotopic (exact) mass is 479 g/mol. The second kappa shape index (κ2) is 11.5. The molecule has 2 unspecified atom stereocenters. The average Bonchev–Trinajstić information content (AvgIpc) is 2.77. The summed E-state index contributed by atoms with van der Waals surface area (Å²) in [4.78, 5) is 33.3. The number of hydrogen-bond acceptors (Lipinski definition) is 5. The van der Waals surface area contributed by atoms with E-state index in [2.05, 4.69) is 6.92 Å². The second-order valence-electron chi connectivity index (χ2n) is 8.64. The van der Waals surface area contributed by atoms with E-state index >= 15 is 0 Å². The average molecular weight is 480 g/mol. The number of amides is 1. The van der Waals surface area contributed by atoms with Crippen molar-refractivity contribution in [2.24, 2.45) is 0 Å². The number of likely N-dealkylation sites (tertiary alicyclic amines) is 1. The maximum atomic E-state index is 13.3. The maximum Gasteiger partial charge on any atom is 0.262 e. The molecule has 32 heavy (non-hydrogen) atoms. The number of thioether (sulfide) groups is 1. The van der Waals surface area contributed by atoms with Gasteiger partial charge in [-0.1, -0.05) is 30.3 Å². The quantitative estimate of drug-likeness (QED) is 0.283. The Bertz CT molecular complexity index is 994. The number of benzene rings is 1. The second-order valence-corrected chi connectivity index (χ2v) is 10.4. The molecule has 3 rings (SSSR count). The summed E-state index contributed by atoms with van der Waals surface area (Å²) in [5, 5.41) is 1.29. The van der Waals surface area contributed by atoms with Gasteiger partial charge >= 0.3 is 0 Å². The molecule has 0 radical (unpaired) electrons. The third kappa shape index (κ3) is 6.06. The Morgan fingerprint density at radius 1 is 1.31 bits per heavy atom. The van der Waals surface area contributed by atoms with E-state index < -0.39 is 0 Å². The Kier molecular flexibility index (Phi) is 9.03. The maximum absolute atomic E-state index is 13.3. The molecule has 8 heteroatoms. The molecule has 2 heterocycles. The number of aromatic nitrogens is 2. The zero-order chi connectivity index (χ0) is 23.3. The van der Waals surface area contributed by atoms with Crippen molar-refractivity contribution in [3.05, 3.63) is 33.6 Å². The van der Waals surface area contributed by atoms with Crippen LogP contribution in [0.3, 0.4) is 0 Å². The van der Waals surface area contributed by atoms with E-state index in [1.165, 1.54) is 18.2 Å². The van der Waals surface area contributed by atoms with E-state index in [-0.39, 0.29) is 22.8 Å². The van der Waals surface area contributed by atoms with Crippen molar-refractivity contribution >= 4 is 40.2 Å². The lowest BCUT2D eigenvalue weighted by atomic mass is 10.00. The van der Waals surface area contributed by atoms with Crippen LogP contribution < -0.4 is 5.56 Å². The van der Waals surface area contributed by atoms with E-state index in [9.17, 15) is 9.59 Å². The lowest BCUT2D eigenvalue weighted by Crippen LogP contribution is -2.46. The zero-order valence-corrected chi connectivity index (χ0v) is 21.0. The molecule has 1 aliphatic rings. The number of fused-ring (bicyclic) bond motifs is 1. The van der Waals surface area contributed by atoms with Crippen molar-refractivity contribution in [2.45, 2.75) is 88.9 Å². The first-order valence-corrected chi connectivity index (χ1v) is 12.9. The van der Waals surface area contributed by atoms with E-state index in [1.54, 1.807) is 22.8 Å². The van der Waals surface area contributed by atoms with Gasteiger partial charge in [0.05, 0.1) is 22.3 Å². The Morgan fingerprint density at radius 3 is 2.81 bits per heavy atom. The van der Waals surface area contributed by atoms with Crippen molar-refractivity contribution in [3.8, 4) is 0 Å². The van der Waals surface area contributed by atoms with E-state index in [4.69, 9.17) is 21.3 Å². The molecule has 1 amide bonds. The fourth-order valence-corrected chi connectivity index (χ4v) is 5.33. The molecule has 1 aromatic carbocycles. The Balaban J connectivity index is 1.87. The highest BCUT2D eigenvalue weighted by molar-refractivity contribution is 8.00. The van der Waals surface area contributed by atoms with Crippen molar-refractivity contribution in [1.82, 2.24) is 14.5 Å². The molecule has 1 aromatic heterocycles. The third-order valence-electron chi connectivity index (χ3n) is 5.87. The Morgan fingerprint density at radius 2 is 2.09 bits per heavy atom. The molecule has 0 bridgehead atoms. The molecule has 2 atom stereocenters. The minimum absolute atomic E-state index is 0.109. The van der Waals surface area contributed by atoms with Crippen LogP contribution in [0, 0.1) is 0 Å². The number of rotatable bonds is 9. The van der Waals surface area contributed by atoms with Crippen LogP contribution in [0.15, 0.2) is 28.2 Å². The number of piperidine rings is 1. The van der Waals surface area contributed by atoms with Crippen LogP contribution in [0.2, 0.25) is 5.02 Å². The summed E-state index contributed by atoms with van der Waals surface area (Å²) in [7, 11) is 0. The smallest absolute Gasteiger partial charge is 0.262 e. The van der Waals surface area contributed by atoms with Crippen LogP contribution >= 0.6 is 23.4 Å². The summed E-state index contributed by atoms with van der Waals surface area (Å²) >= 11 is 7.51. The van der Waals surface area contributed by atoms with Gasteiger partial charge in [0.2, 0.25) is 5.91 Å². The Labute approximate surface area is 199 Å². The summed E-state index contributed by atoms with van der Waals surface area (Å²) in [6.07, 6.45) is 5.09. The van der Waals surface area contributed by atoms with Gasteiger partial charge in [-0.15, -0.1) is 0 Å². The molecule has 0 aliphatic carbocycles. The molecule has 176 valence electrons. The standard InChI is InChI=1S/C24H34ClN3O3S/c1-5-19-9-6-7-12-27(19)22(29)17(4)32-24-26-21-15-18(25)10-11-20(21)23(30)28(24)13-8-14-31-16(2)3/h10-11,15-17,19H,5-9,12-14H2,1-4H3. The zero-order valence-electron chi connectivity index (χ0n) is 19.5. The van der Waals surface area contributed by atoms with E-state index in [0.717, 1.165) is 25.8 Å². The van der Waals surface area contributed by atoms with Crippen LogP contribution in [-0.4, -0.2) is 50.9 Å².